The maximum atomic E-state index is 13.8. The minimum absolute atomic E-state index is 0.238. The highest BCUT2D eigenvalue weighted by molar-refractivity contribution is 9.10. The van der Waals surface area contributed by atoms with Gasteiger partial charge in [-0.2, -0.15) is 5.10 Å². The monoisotopic (exact) mass is 387 g/mol. The van der Waals surface area contributed by atoms with E-state index in [4.69, 9.17) is 0 Å². The molecule has 0 bridgehead atoms. The summed E-state index contributed by atoms with van der Waals surface area (Å²) in [6.07, 6.45) is 0. The maximum absolute atomic E-state index is 13.8. The number of benzene rings is 2. The highest BCUT2D eigenvalue weighted by Crippen LogP contribution is 2.15. The maximum Gasteiger partial charge on any atom is 0.256 e. The Hall–Kier alpha value is -2.47. The van der Waals surface area contributed by atoms with Crippen LogP contribution in [0.3, 0.4) is 0 Å². The van der Waals surface area contributed by atoms with E-state index in [1.54, 1.807) is 53.2 Å². The Balaban J connectivity index is 1.75. The second kappa shape index (κ2) is 6.97. The van der Waals surface area contributed by atoms with Crippen molar-refractivity contribution in [2.24, 2.45) is 0 Å². The molecule has 2 aromatic carbocycles. The summed E-state index contributed by atoms with van der Waals surface area (Å²) in [5, 5.41) is 7.10. The zero-order valence-electron chi connectivity index (χ0n) is 13.0. The summed E-state index contributed by atoms with van der Waals surface area (Å²) in [5.41, 5.74) is 1.93. The van der Waals surface area contributed by atoms with E-state index >= 15 is 0 Å². The van der Waals surface area contributed by atoms with E-state index in [0.29, 0.717) is 23.5 Å². The van der Waals surface area contributed by atoms with Gasteiger partial charge in [-0.05, 0) is 37.3 Å². The molecular formula is C18H15BrFN3O. The Labute approximate surface area is 147 Å². The second-order valence-electron chi connectivity index (χ2n) is 5.38. The van der Waals surface area contributed by atoms with Gasteiger partial charge in [0.05, 0.1) is 6.54 Å². The molecule has 6 heteroatoms. The number of amides is 1. The fourth-order valence-corrected chi connectivity index (χ4v) is 2.57. The molecule has 1 heterocycles. The lowest BCUT2D eigenvalue weighted by atomic mass is 10.2. The van der Waals surface area contributed by atoms with Gasteiger partial charge in [-0.1, -0.05) is 34.1 Å². The third kappa shape index (κ3) is 3.71. The van der Waals surface area contributed by atoms with Crippen LogP contribution in [0.4, 0.5) is 10.2 Å². The molecule has 122 valence electrons. The van der Waals surface area contributed by atoms with E-state index in [0.717, 1.165) is 10.2 Å². The van der Waals surface area contributed by atoms with Crippen LogP contribution in [0.1, 0.15) is 21.6 Å². The fraction of sp³-hybridized carbons (Fsp3) is 0.111. The van der Waals surface area contributed by atoms with Crippen LogP contribution in [0.25, 0.3) is 0 Å². The molecule has 0 atom stereocenters. The zero-order valence-corrected chi connectivity index (χ0v) is 14.5. The second-order valence-corrected chi connectivity index (χ2v) is 6.30. The van der Waals surface area contributed by atoms with E-state index < -0.39 is 0 Å². The first-order chi connectivity index (χ1) is 11.5. The molecule has 1 amide bonds. The van der Waals surface area contributed by atoms with Crippen molar-refractivity contribution in [2.45, 2.75) is 13.5 Å². The van der Waals surface area contributed by atoms with Crippen molar-refractivity contribution >= 4 is 27.7 Å². The van der Waals surface area contributed by atoms with Gasteiger partial charge in [0, 0.05) is 27.4 Å². The van der Waals surface area contributed by atoms with Crippen molar-refractivity contribution in [3.8, 4) is 0 Å². The van der Waals surface area contributed by atoms with Crippen LogP contribution in [0.5, 0.6) is 0 Å². The van der Waals surface area contributed by atoms with Gasteiger partial charge in [0.25, 0.3) is 5.91 Å². The van der Waals surface area contributed by atoms with E-state index in [1.165, 1.54) is 6.07 Å². The van der Waals surface area contributed by atoms with Crippen molar-refractivity contribution in [1.82, 2.24) is 9.78 Å². The van der Waals surface area contributed by atoms with Crippen LogP contribution in [0, 0.1) is 12.7 Å². The third-order valence-electron chi connectivity index (χ3n) is 3.61. The molecule has 1 aromatic heterocycles. The smallest absolute Gasteiger partial charge is 0.256 e. The molecule has 0 aliphatic heterocycles. The molecule has 0 fully saturated rings. The molecule has 0 saturated heterocycles. The summed E-state index contributed by atoms with van der Waals surface area (Å²) in [6.45, 7) is 2.18. The molecule has 1 N–H and O–H groups in total. The van der Waals surface area contributed by atoms with Crippen molar-refractivity contribution in [3.63, 3.8) is 0 Å². The molecule has 0 aliphatic carbocycles. The molecule has 3 aromatic rings. The summed E-state index contributed by atoms with van der Waals surface area (Å²) in [6, 6.07) is 15.4. The van der Waals surface area contributed by atoms with Crippen molar-refractivity contribution in [3.05, 3.63) is 81.7 Å². The first-order valence-corrected chi connectivity index (χ1v) is 8.17. The topological polar surface area (TPSA) is 46.9 Å². The molecular weight excluding hydrogens is 373 g/mol. The number of anilines is 1. The number of carbonyl (C=O) groups excluding carboxylic acids is 1. The Morgan fingerprint density at radius 1 is 1.21 bits per heavy atom. The number of carbonyl (C=O) groups is 1. The number of aryl methyl sites for hydroxylation is 1. The minimum Gasteiger partial charge on any atom is -0.305 e. The van der Waals surface area contributed by atoms with Gasteiger partial charge in [-0.25, -0.2) is 4.39 Å². The standard InChI is InChI=1S/C18H15BrFN3O/c1-12-10-17(21-18(24)13-6-8-15(19)9-7-13)22-23(12)11-14-4-2-3-5-16(14)20/h2-10H,11H2,1H3,(H,21,22,24). The molecule has 0 unspecified atom stereocenters. The molecule has 4 nitrogen and oxygen atoms in total. The average molecular weight is 388 g/mol. The number of nitrogens with one attached hydrogen (secondary N) is 1. The number of rotatable bonds is 4. The molecule has 3 rings (SSSR count). The summed E-state index contributed by atoms with van der Waals surface area (Å²) < 4.78 is 16.3. The fourth-order valence-electron chi connectivity index (χ4n) is 2.31. The van der Waals surface area contributed by atoms with Crippen LogP contribution < -0.4 is 5.32 Å². The van der Waals surface area contributed by atoms with Crippen LogP contribution in [0.15, 0.2) is 59.1 Å². The Bertz CT molecular complexity index is 874. The van der Waals surface area contributed by atoms with Crippen molar-refractivity contribution in [1.29, 1.82) is 0 Å². The lowest BCUT2D eigenvalue weighted by Crippen LogP contribution is -2.13. The number of hydrogen-bond donors (Lipinski definition) is 1. The van der Waals surface area contributed by atoms with Crippen LogP contribution >= 0.6 is 15.9 Å². The largest absolute Gasteiger partial charge is 0.305 e. The Morgan fingerprint density at radius 3 is 2.62 bits per heavy atom. The predicted octanol–water partition coefficient (Wildman–Crippen LogP) is 4.39. The van der Waals surface area contributed by atoms with E-state index in [1.807, 2.05) is 6.92 Å². The van der Waals surface area contributed by atoms with Crippen molar-refractivity contribution < 1.29 is 9.18 Å². The average Bonchev–Trinajstić information content (AvgIpc) is 2.89. The Morgan fingerprint density at radius 2 is 1.92 bits per heavy atom. The minimum atomic E-state index is -0.271. The summed E-state index contributed by atoms with van der Waals surface area (Å²) in [5.74, 6) is -0.0670. The van der Waals surface area contributed by atoms with Gasteiger partial charge in [0.15, 0.2) is 5.82 Å². The Kier molecular flexibility index (Phi) is 4.76. The van der Waals surface area contributed by atoms with E-state index in [-0.39, 0.29) is 11.7 Å². The molecule has 24 heavy (non-hydrogen) atoms. The SMILES string of the molecule is Cc1cc(NC(=O)c2ccc(Br)cc2)nn1Cc1ccccc1F. The summed E-state index contributed by atoms with van der Waals surface area (Å²) >= 11 is 3.33. The van der Waals surface area contributed by atoms with Gasteiger partial charge in [0.1, 0.15) is 5.82 Å². The molecule has 0 radical (unpaired) electrons. The van der Waals surface area contributed by atoms with Gasteiger partial charge in [-0.3, -0.25) is 9.48 Å². The predicted molar refractivity (Wildman–Crippen MR) is 94.6 cm³/mol. The first-order valence-electron chi connectivity index (χ1n) is 7.38. The number of hydrogen-bond acceptors (Lipinski definition) is 2. The molecule has 0 aliphatic rings. The van der Waals surface area contributed by atoms with Crippen LogP contribution in [0.2, 0.25) is 0 Å². The van der Waals surface area contributed by atoms with Gasteiger partial charge >= 0.3 is 0 Å². The van der Waals surface area contributed by atoms with Gasteiger partial charge < -0.3 is 5.32 Å². The van der Waals surface area contributed by atoms with Crippen molar-refractivity contribution in [2.75, 3.05) is 5.32 Å². The quantitative estimate of drug-likeness (QED) is 0.721. The first kappa shape index (κ1) is 16.4. The highest BCUT2D eigenvalue weighted by Gasteiger charge is 2.11. The highest BCUT2D eigenvalue weighted by atomic mass is 79.9. The van der Waals surface area contributed by atoms with Crippen LogP contribution in [-0.2, 0) is 6.54 Å². The van der Waals surface area contributed by atoms with Crippen LogP contribution in [-0.4, -0.2) is 15.7 Å². The normalized spacial score (nSPS) is 10.6. The number of nitrogens with zero attached hydrogens (tertiary/aromatic N) is 2. The van der Waals surface area contributed by atoms with Gasteiger partial charge in [0.2, 0.25) is 0 Å². The summed E-state index contributed by atoms with van der Waals surface area (Å²) in [7, 11) is 0. The summed E-state index contributed by atoms with van der Waals surface area (Å²) in [4.78, 5) is 12.2. The van der Waals surface area contributed by atoms with Gasteiger partial charge in [-0.15, -0.1) is 0 Å². The lowest BCUT2D eigenvalue weighted by Gasteiger charge is -2.05. The molecule has 0 spiro atoms. The third-order valence-corrected chi connectivity index (χ3v) is 4.14. The lowest BCUT2D eigenvalue weighted by molar-refractivity contribution is 0.102. The van der Waals surface area contributed by atoms with E-state index in [2.05, 4.69) is 26.3 Å². The number of aromatic nitrogens is 2. The zero-order chi connectivity index (χ0) is 17.1. The molecule has 0 saturated carbocycles. The van der Waals surface area contributed by atoms with E-state index in [9.17, 15) is 9.18 Å². The number of halogens is 2.